The predicted octanol–water partition coefficient (Wildman–Crippen LogP) is 1.44. The van der Waals surface area contributed by atoms with E-state index in [1.807, 2.05) is 44.2 Å². The van der Waals surface area contributed by atoms with Gasteiger partial charge in [0.2, 0.25) is 0 Å². The number of aliphatic hydroxyl groups is 1. The van der Waals surface area contributed by atoms with Crippen molar-refractivity contribution in [2.45, 2.75) is 50.8 Å². The number of rotatable bonds is 4. The Kier molecular flexibility index (Phi) is 3.79. The molecule has 0 unspecified atom stereocenters. The van der Waals surface area contributed by atoms with E-state index in [9.17, 15) is 5.11 Å². The maximum absolute atomic E-state index is 9.40. The molecule has 0 saturated carbocycles. The zero-order valence-corrected chi connectivity index (χ0v) is 11.7. The lowest BCUT2D eigenvalue weighted by molar-refractivity contribution is -0.222. The number of ether oxygens (including phenoxy) is 4. The van der Waals surface area contributed by atoms with E-state index in [1.165, 1.54) is 0 Å². The van der Waals surface area contributed by atoms with Gasteiger partial charge in [0, 0.05) is 0 Å². The molecule has 0 amide bonds. The zero-order chi connectivity index (χ0) is 14.2. The van der Waals surface area contributed by atoms with Gasteiger partial charge in [-0.3, -0.25) is 0 Å². The average molecular weight is 280 g/mol. The summed E-state index contributed by atoms with van der Waals surface area (Å²) >= 11 is 0. The lowest BCUT2D eigenvalue weighted by Crippen LogP contribution is -2.38. The van der Waals surface area contributed by atoms with Crippen LogP contribution in [0.25, 0.3) is 0 Å². The van der Waals surface area contributed by atoms with Crippen LogP contribution < -0.4 is 0 Å². The summed E-state index contributed by atoms with van der Waals surface area (Å²) in [6, 6.07) is 9.89. The number of hydrogen-bond donors (Lipinski definition) is 1. The van der Waals surface area contributed by atoms with E-state index in [2.05, 4.69) is 0 Å². The molecule has 2 aliphatic heterocycles. The molecule has 2 fully saturated rings. The fraction of sp³-hybridized carbons (Fsp3) is 0.600. The van der Waals surface area contributed by atoms with Crippen molar-refractivity contribution in [2.24, 2.45) is 0 Å². The second kappa shape index (κ2) is 5.42. The molecule has 0 radical (unpaired) electrons. The largest absolute Gasteiger partial charge is 0.394 e. The maximum Gasteiger partial charge on any atom is 0.190 e. The van der Waals surface area contributed by atoms with Crippen molar-refractivity contribution >= 4 is 0 Å². The van der Waals surface area contributed by atoms with Gasteiger partial charge in [-0.25, -0.2) is 0 Å². The first-order chi connectivity index (χ1) is 9.59. The van der Waals surface area contributed by atoms with Crippen LogP contribution in [0.2, 0.25) is 0 Å². The monoisotopic (exact) mass is 280 g/mol. The molecule has 2 heterocycles. The van der Waals surface area contributed by atoms with Crippen molar-refractivity contribution in [1.29, 1.82) is 0 Å². The first kappa shape index (κ1) is 14.0. The third kappa shape index (κ3) is 2.73. The molecule has 110 valence electrons. The van der Waals surface area contributed by atoms with Gasteiger partial charge in [0.25, 0.3) is 0 Å². The van der Waals surface area contributed by atoms with Crippen LogP contribution in [-0.4, -0.2) is 42.1 Å². The van der Waals surface area contributed by atoms with Crippen molar-refractivity contribution < 1.29 is 24.1 Å². The quantitative estimate of drug-likeness (QED) is 0.904. The van der Waals surface area contributed by atoms with Gasteiger partial charge >= 0.3 is 0 Å². The minimum absolute atomic E-state index is 0.112. The van der Waals surface area contributed by atoms with Crippen LogP contribution in [-0.2, 0) is 25.6 Å². The van der Waals surface area contributed by atoms with Gasteiger partial charge in [0.15, 0.2) is 12.1 Å². The molecular weight excluding hydrogens is 260 g/mol. The molecule has 5 heteroatoms. The normalized spacial score (nSPS) is 35.1. The lowest BCUT2D eigenvalue weighted by atomic mass is 10.1. The van der Waals surface area contributed by atoms with Crippen LogP contribution >= 0.6 is 0 Å². The standard InChI is InChI=1S/C15H20O5/c1-15(2)19-13-12(11(8-16)18-14(13)20-15)17-9-10-6-4-3-5-7-10/h3-7,11-14,16H,8-9H2,1-2H3/t11-,12+,13-,14-/m1/s1. The van der Waals surface area contributed by atoms with Gasteiger partial charge in [-0.1, -0.05) is 30.3 Å². The van der Waals surface area contributed by atoms with E-state index in [1.54, 1.807) is 0 Å². The van der Waals surface area contributed by atoms with Gasteiger partial charge in [0.1, 0.15) is 18.3 Å². The molecule has 5 nitrogen and oxygen atoms in total. The molecule has 2 aliphatic rings. The molecular formula is C15H20O5. The molecule has 0 bridgehead atoms. The molecule has 2 saturated heterocycles. The van der Waals surface area contributed by atoms with Crippen molar-refractivity contribution in [3.8, 4) is 0 Å². The summed E-state index contributed by atoms with van der Waals surface area (Å²) in [5.74, 6) is -0.676. The maximum atomic E-state index is 9.40. The van der Waals surface area contributed by atoms with Crippen LogP contribution in [0, 0.1) is 0 Å². The zero-order valence-electron chi connectivity index (χ0n) is 11.7. The predicted molar refractivity (Wildman–Crippen MR) is 70.8 cm³/mol. The summed E-state index contributed by atoms with van der Waals surface area (Å²) in [6.45, 7) is 4.03. The molecule has 1 aromatic carbocycles. The van der Waals surface area contributed by atoms with E-state index in [0.29, 0.717) is 6.61 Å². The Labute approximate surface area is 118 Å². The second-order valence-corrected chi connectivity index (χ2v) is 5.59. The molecule has 4 atom stereocenters. The lowest BCUT2D eigenvalue weighted by Gasteiger charge is -2.25. The number of fused-ring (bicyclic) bond motifs is 1. The molecule has 0 aliphatic carbocycles. The Hall–Kier alpha value is -0.980. The van der Waals surface area contributed by atoms with E-state index < -0.39 is 18.2 Å². The van der Waals surface area contributed by atoms with Gasteiger partial charge < -0.3 is 24.1 Å². The minimum atomic E-state index is -0.676. The highest BCUT2D eigenvalue weighted by molar-refractivity contribution is 5.13. The topological polar surface area (TPSA) is 57.2 Å². The number of benzene rings is 1. The highest BCUT2D eigenvalue weighted by Crippen LogP contribution is 2.38. The summed E-state index contributed by atoms with van der Waals surface area (Å²) in [4.78, 5) is 0. The second-order valence-electron chi connectivity index (χ2n) is 5.59. The fourth-order valence-corrected chi connectivity index (χ4v) is 2.66. The van der Waals surface area contributed by atoms with Crippen LogP contribution in [0.1, 0.15) is 19.4 Å². The summed E-state index contributed by atoms with van der Waals surface area (Å²) in [5.41, 5.74) is 1.07. The Morgan fingerprint density at radius 2 is 1.95 bits per heavy atom. The Morgan fingerprint density at radius 3 is 2.65 bits per heavy atom. The SMILES string of the molecule is CC1(C)O[C@H]2O[C@H](CO)[C@H](OCc3ccccc3)[C@H]2O1. The van der Waals surface area contributed by atoms with Crippen molar-refractivity contribution in [1.82, 2.24) is 0 Å². The molecule has 1 aromatic rings. The fourth-order valence-electron chi connectivity index (χ4n) is 2.66. The summed E-state index contributed by atoms with van der Waals surface area (Å²) in [7, 11) is 0. The van der Waals surface area contributed by atoms with Gasteiger partial charge in [-0.15, -0.1) is 0 Å². The van der Waals surface area contributed by atoms with E-state index in [-0.39, 0.29) is 18.8 Å². The Balaban J connectivity index is 1.67. The Morgan fingerprint density at radius 1 is 1.20 bits per heavy atom. The van der Waals surface area contributed by atoms with Crippen molar-refractivity contribution in [3.63, 3.8) is 0 Å². The molecule has 0 spiro atoms. The highest BCUT2D eigenvalue weighted by Gasteiger charge is 2.55. The summed E-state index contributed by atoms with van der Waals surface area (Å²) in [5, 5.41) is 9.40. The first-order valence-corrected chi connectivity index (χ1v) is 6.86. The van der Waals surface area contributed by atoms with Crippen molar-refractivity contribution in [2.75, 3.05) is 6.61 Å². The third-order valence-electron chi connectivity index (χ3n) is 3.55. The van der Waals surface area contributed by atoms with Crippen LogP contribution in [0.3, 0.4) is 0 Å². The van der Waals surface area contributed by atoms with Gasteiger partial charge in [0.05, 0.1) is 13.2 Å². The molecule has 0 aromatic heterocycles. The molecule has 3 rings (SSSR count). The van der Waals surface area contributed by atoms with Crippen molar-refractivity contribution in [3.05, 3.63) is 35.9 Å². The Bertz CT molecular complexity index is 447. The summed E-state index contributed by atoms with van der Waals surface area (Å²) in [6.07, 6.45) is -1.51. The number of hydrogen-bond acceptors (Lipinski definition) is 5. The first-order valence-electron chi connectivity index (χ1n) is 6.86. The summed E-state index contributed by atoms with van der Waals surface area (Å²) < 4.78 is 23.0. The molecule has 1 N–H and O–H groups in total. The van der Waals surface area contributed by atoms with E-state index >= 15 is 0 Å². The van der Waals surface area contributed by atoms with E-state index in [0.717, 1.165) is 5.56 Å². The highest BCUT2D eigenvalue weighted by atomic mass is 16.8. The van der Waals surface area contributed by atoms with Crippen LogP contribution in [0.15, 0.2) is 30.3 Å². The smallest absolute Gasteiger partial charge is 0.190 e. The van der Waals surface area contributed by atoms with Crippen LogP contribution in [0.5, 0.6) is 0 Å². The van der Waals surface area contributed by atoms with E-state index in [4.69, 9.17) is 18.9 Å². The van der Waals surface area contributed by atoms with Crippen LogP contribution in [0.4, 0.5) is 0 Å². The minimum Gasteiger partial charge on any atom is -0.394 e. The third-order valence-corrected chi connectivity index (χ3v) is 3.55. The van der Waals surface area contributed by atoms with Gasteiger partial charge in [-0.2, -0.15) is 0 Å². The van der Waals surface area contributed by atoms with Gasteiger partial charge in [-0.05, 0) is 19.4 Å². The number of aliphatic hydroxyl groups excluding tert-OH is 1. The average Bonchev–Trinajstić information content (AvgIpc) is 2.89. The molecule has 20 heavy (non-hydrogen) atoms.